The topological polar surface area (TPSA) is 94.1 Å². The maximum atomic E-state index is 10.5. The van der Waals surface area contributed by atoms with Crippen molar-refractivity contribution in [2.24, 2.45) is 0 Å². The molecule has 0 amide bonds. The van der Waals surface area contributed by atoms with Crippen molar-refractivity contribution in [3.63, 3.8) is 0 Å². The van der Waals surface area contributed by atoms with Gasteiger partial charge in [0.1, 0.15) is 6.61 Å². The first-order valence-electron chi connectivity index (χ1n) is 14.1. The molecule has 0 radical (unpaired) electrons. The highest BCUT2D eigenvalue weighted by molar-refractivity contribution is 7.85. The lowest BCUT2D eigenvalue weighted by Gasteiger charge is -2.24. The van der Waals surface area contributed by atoms with Crippen LogP contribution < -0.4 is 14.8 Å². The second-order valence-corrected chi connectivity index (χ2v) is 11.8. The highest BCUT2D eigenvalue weighted by Gasteiger charge is 2.21. The van der Waals surface area contributed by atoms with Crippen molar-refractivity contribution in [3.05, 3.63) is 10.8 Å². The summed E-state index contributed by atoms with van der Waals surface area (Å²) < 4.78 is 46.1. The first-order chi connectivity index (χ1) is 17.5. The Kier molecular flexibility index (Phi) is 20.4. The van der Waals surface area contributed by atoms with Gasteiger partial charge >= 0.3 is 0 Å². The number of fused-ring (bicyclic) bond motifs is 1. The Balaban J connectivity index is 0.000000363. The summed E-state index contributed by atoms with van der Waals surface area (Å²) in [6.45, 7) is 8.33. The van der Waals surface area contributed by atoms with Crippen LogP contribution in [0.2, 0.25) is 0 Å². The number of nitrogens with one attached hydrogen (secondary N) is 1. The molecule has 7 nitrogen and oxygen atoms in total. The van der Waals surface area contributed by atoms with Crippen LogP contribution in [0.25, 0.3) is 0 Å². The second kappa shape index (κ2) is 22.1. The molecule has 1 unspecified atom stereocenters. The zero-order chi connectivity index (χ0) is 26.3. The third-order valence-electron chi connectivity index (χ3n) is 5.97. The fourth-order valence-corrected chi connectivity index (χ4v) is 5.07. The van der Waals surface area contributed by atoms with Gasteiger partial charge in [0.15, 0.2) is 17.6 Å². The normalized spacial score (nSPS) is 14.9. The van der Waals surface area contributed by atoms with Crippen molar-refractivity contribution < 1.29 is 27.2 Å². The van der Waals surface area contributed by atoms with Crippen molar-refractivity contribution >= 4 is 21.5 Å². The summed E-state index contributed by atoms with van der Waals surface area (Å²) in [6.07, 6.45) is 17.7. The molecule has 1 aliphatic rings. The average Bonchev–Trinajstić information content (AvgIpc) is 3.32. The molecule has 1 atom stereocenters. The molecule has 1 aromatic heterocycles. The van der Waals surface area contributed by atoms with Gasteiger partial charge in [-0.3, -0.25) is 4.55 Å². The fourth-order valence-electron chi connectivity index (χ4n) is 3.83. The smallest absolute Gasteiger partial charge is 0.264 e. The minimum absolute atomic E-state index is 0.135. The highest BCUT2D eigenvalue weighted by Crippen LogP contribution is 2.35. The first-order valence-corrected chi connectivity index (χ1v) is 16.6. The molecule has 0 saturated heterocycles. The Labute approximate surface area is 224 Å². The van der Waals surface area contributed by atoms with Crippen molar-refractivity contribution in [3.8, 4) is 11.5 Å². The van der Waals surface area contributed by atoms with Gasteiger partial charge < -0.3 is 19.5 Å². The zero-order valence-corrected chi connectivity index (χ0v) is 24.3. The van der Waals surface area contributed by atoms with Gasteiger partial charge in [0.05, 0.1) is 12.4 Å². The Morgan fingerprint density at radius 2 is 1.47 bits per heavy atom. The largest absolute Gasteiger partial charge is 0.485 e. The van der Waals surface area contributed by atoms with E-state index in [1.807, 2.05) is 10.8 Å². The lowest BCUT2D eigenvalue weighted by Crippen LogP contribution is -2.33. The van der Waals surface area contributed by atoms with E-state index >= 15 is 0 Å². The summed E-state index contributed by atoms with van der Waals surface area (Å²) in [5, 5.41) is 7.34. The average molecular weight is 550 g/mol. The highest BCUT2D eigenvalue weighted by atomic mass is 32.2. The van der Waals surface area contributed by atoms with Crippen molar-refractivity contribution in [1.82, 2.24) is 5.32 Å². The molecular weight excluding hydrogens is 498 g/mol. The van der Waals surface area contributed by atoms with E-state index in [9.17, 15) is 8.42 Å². The van der Waals surface area contributed by atoms with E-state index in [2.05, 4.69) is 19.2 Å². The Morgan fingerprint density at radius 1 is 0.889 bits per heavy atom. The third kappa shape index (κ3) is 19.3. The van der Waals surface area contributed by atoms with Crippen molar-refractivity contribution in [2.75, 3.05) is 38.7 Å². The second-order valence-electron chi connectivity index (χ2n) is 9.50. The number of thiophene rings is 1. The molecule has 2 rings (SSSR count). The molecule has 0 aromatic carbocycles. The maximum Gasteiger partial charge on any atom is 0.264 e. The van der Waals surface area contributed by atoms with E-state index in [1.54, 1.807) is 0 Å². The first kappa shape index (κ1) is 33.2. The number of rotatable bonds is 21. The maximum absolute atomic E-state index is 10.5. The minimum Gasteiger partial charge on any atom is -0.485 e. The molecule has 1 aliphatic heterocycles. The molecule has 2 N–H and O–H groups in total. The van der Waals surface area contributed by atoms with E-state index in [-0.39, 0.29) is 11.9 Å². The van der Waals surface area contributed by atoms with Crippen LogP contribution in [0.1, 0.15) is 104 Å². The summed E-state index contributed by atoms with van der Waals surface area (Å²) in [6, 6.07) is 0. The van der Waals surface area contributed by atoms with Crippen LogP contribution in [0.4, 0.5) is 0 Å². The summed E-state index contributed by atoms with van der Waals surface area (Å²) in [5.74, 6) is 1.29. The van der Waals surface area contributed by atoms with Crippen molar-refractivity contribution in [2.45, 2.75) is 110 Å². The molecule has 0 saturated carbocycles. The molecular formula is C27H51NO6S2. The molecule has 1 aromatic rings. The SMILES string of the molecule is CCCCCCCCNCCCCCCCC.O=S(=O)(O)CCCCOCC1COc2cscc2O1. The molecule has 9 heteroatoms. The molecule has 2 heterocycles. The zero-order valence-electron chi connectivity index (χ0n) is 22.7. The van der Waals surface area contributed by atoms with Gasteiger partial charge in [-0.15, -0.1) is 11.3 Å². The van der Waals surface area contributed by atoms with E-state index in [4.69, 9.17) is 18.8 Å². The molecule has 212 valence electrons. The molecule has 0 spiro atoms. The van der Waals surface area contributed by atoms with Gasteiger partial charge in [-0.05, 0) is 38.8 Å². The number of unbranched alkanes of at least 4 members (excludes halogenated alkanes) is 11. The molecule has 0 fully saturated rings. The van der Waals surface area contributed by atoms with Gasteiger partial charge in [0.25, 0.3) is 10.1 Å². The number of hydrogen-bond acceptors (Lipinski definition) is 7. The number of hydrogen-bond donors (Lipinski definition) is 2. The van der Waals surface area contributed by atoms with Gasteiger partial charge in [-0.25, -0.2) is 0 Å². The predicted molar refractivity (Wildman–Crippen MR) is 150 cm³/mol. The lowest BCUT2D eigenvalue weighted by atomic mass is 10.1. The van der Waals surface area contributed by atoms with Gasteiger partial charge in [0, 0.05) is 17.4 Å². The Bertz CT molecular complexity index is 712. The molecule has 0 bridgehead atoms. The van der Waals surface area contributed by atoms with Gasteiger partial charge in [-0.1, -0.05) is 78.1 Å². The summed E-state index contributed by atoms with van der Waals surface area (Å²) in [5.41, 5.74) is 0. The van der Waals surface area contributed by atoms with Crippen LogP contribution in [0.5, 0.6) is 11.5 Å². The van der Waals surface area contributed by atoms with Crippen LogP contribution in [0.3, 0.4) is 0 Å². The standard InChI is InChI=1S/C16H35N.C11H16O6S2/c1-3-5-7-9-11-13-15-17-16-14-12-10-8-6-4-2;12-19(13,14)4-2-1-3-15-5-9-6-16-10-7-18-8-11(10)17-9/h17H,3-16H2,1-2H3;7-9H,1-6H2,(H,12,13,14). The van der Waals surface area contributed by atoms with Crippen molar-refractivity contribution in [1.29, 1.82) is 0 Å². The van der Waals surface area contributed by atoms with Gasteiger partial charge in [0.2, 0.25) is 0 Å². The lowest BCUT2D eigenvalue weighted by molar-refractivity contribution is 0.00876. The third-order valence-corrected chi connectivity index (χ3v) is 7.48. The van der Waals surface area contributed by atoms with E-state index < -0.39 is 10.1 Å². The van der Waals surface area contributed by atoms with Gasteiger partial charge in [-0.2, -0.15) is 8.42 Å². The van der Waals surface area contributed by atoms with E-state index in [1.165, 1.54) is 101 Å². The van der Waals surface area contributed by atoms with Crippen LogP contribution in [-0.4, -0.2) is 57.7 Å². The van der Waals surface area contributed by atoms with Crippen LogP contribution >= 0.6 is 11.3 Å². The Morgan fingerprint density at radius 3 is 2.08 bits per heavy atom. The number of ether oxygens (including phenoxy) is 3. The quantitative estimate of drug-likeness (QED) is 0.128. The predicted octanol–water partition coefficient (Wildman–Crippen LogP) is 6.87. The van der Waals surface area contributed by atoms with Crippen LogP contribution in [0, 0.1) is 0 Å². The monoisotopic (exact) mass is 549 g/mol. The summed E-state index contributed by atoms with van der Waals surface area (Å²) >= 11 is 1.52. The molecule has 0 aliphatic carbocycles. The molecule has 36 heavy (non-hydrogen) atoms. The minimum atomic E-state index is -3.86. The van der Waals surface area contributed by atoms with E-state index in [0.717, 1.165) is 11.5 Å². The van der Waals surface area contributed by atoms with E-state index in [0.29, 0.717) is 32.7 Å². The Hall–Kier alpha value is -0.870. The fraction of sp³-hybridized carbons (Fsp3) is 0.852. The summed E-state index contributed by atoms with van der Waals surface area (Å²) in [7, 11) is -3.86. The summed E-state index contributed by atoms with van der Waals surface area (Å²) in [4.78, 5) is 0. The van der Waals surface area contributed by atoms with Crippen LogP contribution in [-0.2, 0) is 14.9 Å². The van der Waals surface area contributed by atoms with Crippen LogP contribution in [0.15, 0.2) is 10.8 Å².